The highest BCUT2D eigenvalue weighted by molar-refractivity contribution is 5.81. The van der Waals surface area contributed by atoms with Crippen LogP contribution in [0.3, 0.4) is 0 Å². The van der Waals surface area contributed by atoms with Crippen molar-refractivity contribution in [2.75, 3.05) is 0 Å². The largest absolute Gasteiger partial charge is 0.457 e. The maximum atomic E-state index is 6.48. The fourth-order valence-corrected chi connectivity index (χ4v) is 6.98. The van der Waals surface area contributed by atoms with E-state index in [1.807, 2.05) is 62.9 Å². The summed E-state index contributed by atoms with van der Waals surface area (Å²) in [6.45, 7) is 4.53. The number of hydrogen-bond donors (Lipinski definition) is 0. The smallest absolute Gasteiger partial charge is 0.159 e. The van der Waals surface area contributed by atoms with Crippen LogP contribution in [-0.2, 0) is 19.5 Å². The van der Waals surface area contributed by atoms with Crippen molar-refractivity contribution < 1.29 is 4.74 Å². The lowest BCUT2D eigenvalue weighted by Crippen LogP contribution is -2.24. The number of nitrogens with zero attached hydrogens (tertiary/aromatic N) is 6. The van der Waals surface area contributed by atoms with E-state index in [1.54, 1.807) is 0 Å². The fourth-order valence-electron chi connectivity index (χ4n) is 6.98. The summed E-state index contributed by atoms with van der Waals surface area (Å²) in [7, 11) is 4.06. The third kappa shape index (κ3) is 4.35. The predicted molar refractivity (Wildman–Crippen MR) is 191 cm³/mol. The Labute approximate surface area is 278 Å². The Morgan fingerprint density at radius 2 is 0.958 bits per heavy atom. The number of aryl methyl sites for hydroxylation is 2. The van der Waals surface area contributed by atoms with Gasteiger partial charge in [0.25, 0.3) is 0 Å². The lowest BCUT2D eigenvalue weighted by molar-refractivity contribution is 0.418. The standard InChI is InChI=1S/C41H32N6O/c1-41(2)29-21-25(27-13-17-33(42-23-27)39-44-31-9-5-7-11-35(31)46(39)3)15-19-37(29)48-38-20-16-26(22-30(38)41)28-14-18-34(43-24-28)40-45-32-10-6-8-12-36(32)47(40)4/h5-24H,1-4H3. The quantitative estimate of drug-likeness (QED) is 0.195. The Bertz CT molecular complexity index is 2350. The number of para-hydroxylation sites is 4. The highest BCUT2D eigenvalue weighted by Crippen LogP contribution is 2.49. The highest BCUT2D eigenvalue weighted by Gasteiger charge is 2.35. The minimum Gasteiger partial charge on any atom is -0.457 e. The lowest BCUT2D eigenvalue weighted by atomic mass is 9.74. The predicted octanol–water partition coefficient (Wildman–Crippen LogP) is 9.35. The number of hydrogen-bond acceptors (Lipinski definition) is 5. The van der Waals surface area contributed by atoms with E-state index in [0.29, 0.717) is 0 Å². The van der Waals surface area contributed by atoms with E-state index in [1.165, 1.54) is 0 Å². The number of benzene rings is 4. The van der Waals surface area contributed by atoms with E-state index in [0.717, 1.165) is 90.0 Å². The van der Waals surface area contributed by atoms with Gasteiger partial charge in [-0.25, -0.2) is 9.97 Å². The molecule has 1 aliphatic heterocycles. The summed E-state index contributed by atoms with van der Waals surface area (Å²) in [5.41, 5.74) is 12.1. The van der Waals surface area contributed by atoms with Crippen LogP contribution in [0.1, 0.15) is 25.0 Å². The molecular weight excluding hydrogens is 592 g/mol. The molecule has 0 radical (unpaired) electrons. The van der Waals surface area contributed by atoms with Crippen molar-refractivity contribution in [1.82, 2.24) is 29.1 Å². The Morgan fingerprint density at radius 3 is 1.38 bits per heavy atom. The molecular formula is C41H32N6O. The highest BCUT2D eigenvalue weighted by atomic mass is 16.5. The lowest BCUT2D eigenvalue weighted by Gasteiger charge is -2.35. The van der Waals surface area contributed by atoms with Gasteiger partial charge in [0.1, 0.15) is 22.9 Å². The molecule has 0 spiro atoms. The van der Waals surface area contributed by atoms with Gasteiger partial charge in [0, 0.05) is 54.2 Å². The Balaban J connectivity index is 1.02. The molecule has 0 saturated heterocycles. The van der Waals surface area contributed by atoms with Gasteiger partial charge in [0.05, 0.1) is 22.1 Å². The maximum absolute atomic E-state index is 6.48. The van der Waals surface area contributed by atoms with Gasteiger partial charge in [-0.1, -0.05) is 62.4 Å². The molecule has 0 bridgehead atoms. The van der Waals surface area contributed by atoms with E-state index in [2.05, 4.69) is 95.8 Å². The average molecular weight is 625 g/mol. The van der Waals surface area contributed by atoms with Gasteiger partial charge >= 0.3 is 0 Å². The van der Waals surface area contributed by atoms with Crippen molar-refractivity contribution in [2.24, 2.45) is 14.1 Å². The Hall–Kier alpha value is -6.08. The zero-order valence-corrected chi connectivity index (χ0v) is 27.1. The summed E-state index contributed by atoms with van der Waals surface area (Å²) < 4.78 is 10.7. The summed E-state index contributed by atoms with van der Waals surface area (Å²) >= 11 is 0. The Kier molecular flexibility index (Phi) is 6.14. The first-order chi connectivity index (χ1) is 23.3. The zero-order valence-electron chi connectivity index (χ0n) is 27.1. The van der Waals surface area contributed by atoms with Crippen molar-refractivity contribution in [3.05, 3.63) is 133 Å². The van der Waals surface area contributed by atoms with Gasteiger partial charge in [-0.3, -0.25) is 9.97 Å². The van der Waals surface area contributed by atoms with Gasteiger partial charge < -0.3 is 13.9 Å². The first-order valence-corrected chi connectivity index (χ1v) is 16.1. The van der Waals surface area contributed by atoms with Gasteiger partial charge in [-0.2, -0.15) is 0 Å². The molecule has 0 saturated carbocycles. The minimum absolute atomic E-state index is 0.296. The average Bonchev–Trinajstić information content (AvgIpc) is 3.64. The summed E-state index contributed by atoms with van der Waals surface area (Å²) in [4.78, 5) is 19.3. The molecule has 5 heterocycles. The molecule has 232 valence electrons. The second-order valence-corrected chi connectivity index (χ2v) is 13.0. The van der Waals surface area contributed by atoms with Gasteiger partial charge in [-0.05, 0) is 71.8 Å². The number of ether oxygens (including phenoxy) is 1. The SMILES string of the molecule is Cn1c(-c2ccc(-c3ccc4c(c3)C(C)(C)c3cc(-c5ccc(-c6nc7ccccc7n6C)nc5)ccc3O4)cn2)nc2ccccc21. The van der Waals surface area contributed by atoms with Crippen LogP contribution in [0.2, 0.25) is 0 Å². The molecule has 4 aromatic carbocycles. The van der Waals surface area contributed by atoms with Crippen molar-refractivity contribution in [3.8, 4) is 56.8 Å². The third-order valence-corrected chi connectivity index (χ3v) is 9.75. The van der Waals surface area contributed by atoms with Crippen LogP contribution >= 0.6 is 0 Å². The van der Waals surface area contributed by atoms with E-state index in [9.17, 15) is 0 Å². The summed E-state index contributed by atoms with van der Waals surface area (Å²) in [6, 6.07) is 37.5. The van der Waals surface area contributed by atoms with Crippen molar-refractivity contribution in [3.63, 3.8) is 0 Å². The molecule has 0 aliphatic carbocycles. The van der Waals surface area contributed by atoms with Gasteiger partial charge in [0.15, 0.2) is 11.6 Å². The molecule has 0 fully saturated rings. The van der Waals surface area contributed by atoms with E-state index >= 15 is 0 Å². The van der Waals surface area contributed by atoms with Crippen molar-refractivity contribution in [2.45, 2.75) is 19.3 Å². The van der Waals surface area contributed by atoms with Crippen molar-refractivity contribution >= 4 is 22.1 Å². The van der Waals surface area contributed by atoms with Gasteiger partial charge in [-0.15, -0.1) is 0 Å². The number of aromatic nitrogens is 6. The zero-order chi connectivity index (χ0) is 32.6. The van der Waals surface area contributed by atoms with Gasteiger partial charge in [0.2, 0.25) is 0 Å². The van der Waals surface area contributed by atoms with Crippen LogP contribution in [0.4, 0.5) is 0 Å². The third-order valence-electron chi connectivity index (χ3n) is 9.75. The molecule has 7 heteroatoms. The number of imidazole rings is 2. The second-order valence-electron chi connectivity index (χ2n) is 13.0. The molecule has 4 aromatic heterocycles. The first-order valence-electron chi connectivity index (χ1n) is 16.1. The van der Waals surface area contributed by atoms with E-state index < -0.39 is 0 Å². The van der Waals surface area contributed by atoms with Crippen LogP contribution in [-0.4, -0.2) is 29.1 Å². The molecule has 48 heavy (non-hydrogen) atoms. The van der Waals surface area contributed by atoms with Crippen LogP contribution in [0.25, 0.3) is 67.4 Å². The van der Waals surface area contributed by atoms with E-state index in [-0.39, 0.29) is 5.41 Å². The number of fused-ring (bicyclic) bond motifs is 4. The summed E-state index contributed by atoms with van der Waals surface area (Å²) in [6.07, 6.45) is 3.87. The molecule has 9 rings (SSSR count). The Morgan fingerprint density at radius 1 is 0.521 bits per heavy atom. The monoisotopic (exact) mass is 624 g/mol. The maximum Gasteiger partial charge on any atom is 0.159 e. The topological polar surface area (TPSA) is 70.7 Å². The summed E-state index contributed by atoms with van der Waals surface area (Å²) in [5, 5.41) is 0. The van der Waals surface area contributed by atoms with Crippen LogP contribution in [0.15, 0.2) is 122 Å². The van der Waals surface area contributed by atoms with Crippen LogP contribution in [0, 0.1) is 0 Å². The second kappa shape index (κ2) is 10.5. The van der Waals surface area contributed by atoms with Crippen molar-refractivity contribution in [1.29, 1.82) is 0 Å². The first kappa shape index (κ1) is 28.2. The number of rotatable bonds is 4. The van der Waals surface area contributed by atoms with E-state index in [4.69, 9.17) is 24.7 Å². The molecule has 7 nitrogen and oxygen atoms in total. The number of pyridine rings is 2. The fraction of sp³-hybridized carbons (Fsp3) is 0.122. The molecule has 0 atom stereocenters. The summed E-state index contributed by atoms with van der Waals surface area (Å²) in [5.74, 6) is 3.46. The minimum atomic E-state index is -0.296. The molecule has 8 aromatic rings. The molecule has 1 aliphatic rings. The molecule has 0 N–H and O–H groups in total. The van der Waals surface area contributed by atoms with Crippen LogP contribution < -0.4 is 4.74 Å². The molecule has 0 unspecified atom stereocenters. The normalized spacial score (nSPS) is 13.3. The van der Waals surface area contributed by atoms with Crippen LogP contribution in [0.5, 0.6) is 11.5 Å². The molecule has 0 amide bonds.